The molecule has 0 radical (unpaired) electrons. The molecule has 0 bridgehead atoms. The van der Waals surface area contributed by atoms with Crippen LogP contribution in [0.2, 0.25) is 0 Å². The summed E-state index contributed by atoms with van der Waals surface area (Å²) in [5.41, 5.74) is 0. The van der Waals surface area contributed by atoms with Gasteiger partial charge in [-0.15, -0.1) is 0 Å². The third kappa shape index (κ3) is 7.68. The highest BCUT2D eigenvalue weighted by Crippen LogP contribution is 2.23. The molecule has 1 aliphatic heterocycles. The Hall–Kier alpha value is -0.480. The van der Waals surface area contributed by atoms with Gasteiger partial charge in [0.25, 0.3) is 0 Å². The van der Waals surface area contributed by atoms with Crippen LogP contribution in [0, 0.1) is 0 Å². The van der Waals surface area contributed by atoms with Crippen molar-refractivity contribution in [1.82, 2.24) is 4.90 Å². The average molecular weight is 333 g/mol. The van der Waals surface area contributed by atoms with Crippen LogP contribution in [0.15, 0.2) is 0 Å². The molecule has 0 aliphatic carbocycles. The predicted molar refractivity (Wildman–Crippen MR) is 70.6 cm³/mol. The fourth-order valence-electron chi connectivity index (χ4n) is 1.91. The number of ether oxygens (including phenoxy) is 4. The lowest BCUT2D eigenvalue weighted by molar-refractivity contribution is -0.174. The Kier molecular flexibility index (Phi) is 9.18. The Morgan fingerprint density at radius 3 is 2.45 bits per heavy atom. The summed E-state index contributed by atoms with van der Waals surface area (Å²) in [6, 6.07) is 0. The van der Waals surface area contributed by atoms with Gasteiger partial charge in [0.2, 0.25) is 0 Å². The van der Waals surface area contributed by atoms with E-state index in [2.05, 4.69) is 4.90 Å². The number of methoxy groups -OCH3 is 1. The number of halogens is 4. The highest BCUT2D eigenvalue weighted by Gasteiger charge is 2.41. The standard InChI is InChI=1S/C13H23F4NO4/c1-19-6-7-22-11(8-18-2-4-20-5-3-18)9-21-10-13(16,17)12(14)15/h11-12H,2-10H2,1H3. The Balaban J connectivity index is 2.36. The molecule has 1 aliphatic rings. The average Bonchev–Trinajstić information content (AvgIpc) is 2.48. The molecule has 132 valence electrons. The van der Waals surface area contributed by atoms with E-state index < -0.39 is 25.1 Å². The second-order valence-electron chi connectivity index (χ2n) is 4.98. The Bertz CT molecular complexity index is 291. The van der Waals surface area contributed by atoms with Gasteiger partial charge in [-0.3, -0.25) is 4.90 Å². The third-order valence-corrected chi connectivity index (χ3v) is 3.12. The van der Waals surface area contributed by atoms with Crippen molar-refractivity contribution in [3.05, 3.63) is 0 Å². The van der Waals surface area contributed by atoms with E-state index in [1.54, 1.807) is 0 Å². The zero-order valence-corrected chi connectivity index (χ0v) is 12.6. The molecule has 0 N–H and O–H groups in total. The summed E-state index contributed by atoms with van der Waals surface area (Å²) in [7, 11) is 1.51. The fraction of sp³-hybridized carbons (Fsp3) is 1.00. The molecule has 0 saturated carbocycles. The lowest BCUT2D eigenvalue weighted by Gasteiger charge is -2.30. The van der Waals surface area contributed by atoms with Gasteiger partial charge in [0.1, 0.15) is 6.61 Å². The van der Waals surface area contributed by atoms with Gasteiger partial charge in [-0.2, -0.15) is 8.78 Å². The van der Waals surface area contributed by atoms with E-state index in [4.69, 9.17) is 18.9 Å². The zero-order valence-electron chi connectivity index (χ0n) is 12.6. The van der Waals surface area contributed by atoms with Crippen molar-refractivity contribution in [3.63, 3.8) is 0 Å². The highest BCUT2D eigenvalue weighted by atomic mass is 19.3. The highest BCUT2D eigenvalue weighted by molar-refractivity contribution is 4.71. The Morgan fingerprint density at radius 2 is 1.86 bits per heavy atom. The molecule has 1 fully saturated rings. The van der Waals surface area contributed by atoms with Gasteiger partial charge in [0.05, 0.1) is 39.1 Å². The van der Waals surface area contributed by atoms with Gasteiger partial charge >= 0.3 is 12.3 Å². The van der Waals surface area contributed by atoms with Crippen LogP contribution < -0.4 is 0 Å². The molecule has 1 unspecified atom stereocenters. The molecular formula is C13H23F4NO4. The normalized spacial score (nSPS) is 18.8. The minimum atomic E-state index is -4.14. The summed E-state index contributed by atoms with van der Waals surface area (Å²) < 4.78 is 70.0. The van der Waals surface area contributed by atoms with Crippen molar-refractivity contribution in [2.75, 3.05) is 66.4 Å². The minimum Gasteiger partial charge on any atom is -0.382 e. The van der Waals surface area contributed by atoms with Gasteiger partial charge in [0.15, 0.2) is 0 Å². The molecule has 5 nitrogen and oxygen atoms in total. The summed E-state index contributed by atoms with van der Waals surface area (Å²) in [5.74, 6) is -4.14. The summed E-state index contributed by atoms with van der Waals surface area (Å²) in [6.45, 7) is 2.19. The molecule has 0 aromatic heterocycles. The zero-order chi connectivity index (χ0) is 16.4. The fourth-order valence-corrected chi connectivity index (χ4v) is 1.91. The molecule has 22 heavy (non-hydrogen) atoms. The predicted octanol–water partition coefficient (Wildman–Crippen LogP) is 1.27. The van der Waals surface area contributed by atoms with Crippen molar-refractivity contribution in [1.29, 1.82) is 0 Å². The number of rotatable bonds is 11. The van der Waals surface area contributed by atoms with Gasteiger partial charge in [-0.25, -0.2) is 8.78 Å². The second kappa shape index (κ2) is 10.3. The third-order valence-electron chi connectivity index (χ3n) is 3.12. The molecule has 0 amide bonds. The van der Waals surface area contributed by atoms with Crippen molar-refractivity contribution in [2.24, 2.45) is 0 Å². The largest absolute Gasteiger partial charge is 0.382 e. The van der Waals surface area contributed by atoms with Crippen LogP contribution in [0.1, 0.15) is 0 Å². The summed E-state index contributed by atoms with van der Waals surface area (Å²) in [6.07, 6.45) is -4.22. The summed E-state index contributed by atoms with van der Waals surface area (Å²) >= 11 is 0. The second-order valence-corrected chi connectivity index (χ2v) is 4.98. The molecular weight excluding hydrogens is 310 g/mol. The van der Waals surface area contributed by atoms with Crippen LogP contribution in [0.4, 0.5) is 17.6 Å². The molecule has 1 atom stereocenters. The van der Waals surface area contributed by atoms with Crippen LogP contribution in [-0.2, 0) is 18.9 Å². The molecule has 1 saturated heterocycles. The van der Waals surface area contributed by atoms with Gasteiger partial charge < -0.3 is 18.9 Å². The maximum atomic E-state index is 12.8. The van der Waals surface area contributed by atoms with E-state index in [1.165, 1.54) is 7.11 Å². The maximum absolute atomic E-state index is 12.8. The minimum absolute atomic E-state index is 0.177. The van der Waals surface area contributed by atoms with E-state index in [9.17, 15) is 17.6 Å². The number of hydrogen-bond acceptors (Lipinski definition) is 5. The van der Waals surface area contributed by atoms with Crippen molar-refractivity contribution >= 4 is 0 Å². The lowest BCUT2D eigenvalue weighted by atomic mass is 10.3. The Labute approximate surface area is 127 Å². The van der Waals surface area contributed by atoms with Crippen LogP contribution in [-0.4, -0.2) is 89.7 Å². The van der Waals surface area contributed by atoms with Crippen molar-refractivity contribution < 1.29 is 36.5 Å². The van der Waals surface area contributed by atoms with Crippen LogP contribution in [0.3, 0.4) is 0 Å². The van der Waals surface area contributed by atoms with Crippen LogP contribution in [0.5, 0.6) is 0 Å². The molecule has 1 heterocycles. The molecule has 0 spiro atoms. The molecule has 1 rings (SSSR count). The van der Waals surface area contributed by atoms with Gasteiger partial charge in [0, 0.05) is 26.7 Å². The van der Waals surface area contributed by atoms with E-state index in [0.717, 1.165) is 0 Å². The SMILES string of the molecule is COCCOC(COCC(F)(F)C(F)F)CN1CCOCC1. The number of hydrogen-bond donors (Lipinski definition) is 0. The quantitative estimate of drug-likeness (QED) is 0.421. The Morgan fingerprint density at radius 1 is 1.18 bits per heavy atom. The first-order valence-electron chi connectivity index (χ1n) is 7.10. The summed E-state index contributed by atoms with van der Waals surface area (Å²) in [4.78, 5) is 2.05. The maximum Gasteiger partial charge on any atom is 0.330 e. The first-order chi connectivity index (χ1) is 10.5. The smallest absolute Gasteiger partial charge is 0.330 e. The van der Waals surface area contributed by atoms with Crippen LogP contribution >= 0.6 is 0 Å². The van der Waals surface area contributed by atoms with E-state index in [0.29, 0.717) is 39.5 Å². The first-order valence-corrected chi connectivity index (χ1v) is 7.10. The topological polar surface area (TPSA) is 40.2 Å². The van der Waals surface area contributed by atoms with Crippen LogP contribution in [0.25, 0.3) is 0 Å². The number of alkyl halides is 4. The summed E-state index contributed by atoms with van der Waals surface area (Å²) in [5, 5.41) is 0. The van der Waals surface area contributed by atoms with Crippen molar-refractivity contribution in [2.45, 2.75) is 18.5 Å². The van der Waals surface area contributed by atoms with E-state index >= 15 is 0 Å². The molecule has 9 heteroatoms. The lowest BCUT2D eigenvalue weighted by Crippen LogP contribution is -2.44. The molecule has 0 aromatic rings. The molecule has 0 aromatic carbocycles. The van der Waals surface area contributed by atoms with Gasteiger partial charge in [-0.1, -0.05) is 0 Å². The van der Waals surface area contributed by atoms with E-state index in [1.807, 2.05) is 0 Å². The first kappa shape index (κ1) is 19.6. The monoisotopic (exact) mass is 333 g/mol. The van der Waals surface area contributed by atoms with E-state index in [-0.39, 0.29) is 13.2 Å². The number of morpholine rings is 1. The number of nitrogens with zero attached hydrogens (tertiary/aromatic N) is 1. The van der Waals surface area contributed by atoms with Gasteiger partial charge in [-0.05, 0) is 0 Å². The van der Waals surface area contributed by atoms with Crippen molar-refractivity contribution in [3.8, 4) is 0 Å².